The Morgan fingerprint density at radius 2 is 1.86 bits per heavy atom. The van der Waals surface area contributed by atoms with Gasteiger partial charge in [-0.25, -0.2) is 14.4 Å². The van der Waals surface area contributed by atoms with Crippen molar-refractivity contribution in [1.82, 2.24) is 19.9 Å². The van der Waals surface area contributed by atoms with E-state index in [1.807, 2.05) is 34.9 Å². The van der Waals surface area contributed by atoms with Crippen LogP contribution in [0.5, 0.6) is 0 Å². The van der Waals surface area contributed by atoms with Crippen LogP contribution >= 0.6 is 0 Å². The van der Waals surface area contributed by atoms with Gasteiger partial charge in [0.1, 0.15) is 17.2 Å². The third-order valence-electron chi connectivity index (χ3n) is 4.77. The summed E-state index contributed by atoms with van der Waals surface area (Å²) in [5.74, 6) is 0.209. The molecule has 0 bridgehead atoms. The van der Waals surface area contributed by atoms with Crippen LogP contribution in [0.2, 0.25) is 0 Å². The first-order valence-corrected chi connectivity index (χ1v) is 9.58. The summed E-state index contributed by atoms with van der Waals surface area (Å²) in [6.45, 7) is 0.939. The number of carbonyl (C=O) groups is 1. The van der Waals surface area contributed by atoms with Crippen LogP contribution in [0.25, 0.3) is 11.2 Å². The highest BCUT2D eigenvalue weighted by atomic mass is 19.1. The Labute approximate surface area is 168 Å². The molecule has 0 radical (unpaired) electrons. The van der Waals surface area contributed by atoms with Crippen molar-refractivity contribution < 1.29 is 9.18 Å². The predicted octanol–water partition coefficient (Wildman–Crippen LogP) is 3.79. The van der Waals surface area contributed by atoms with E-state index in [0.717, 1.165) is 29.8 Å². The summed E-state index contributed by atoms with van der Waals surface area (Å²) in [6, 6.07) is 19.7. The summed E-state index contributed by atoms with van der Waals surface area (Å²) >= 11 is 0. The van der Waals surface area contributed by atoms with Crippen LogP contribution in [-0.2, 0) is 19.4 Å². The van der Waals surface area contributed by atoms with Gasteiger partial charge in [0.25, 0.3) is 5.91 Å². The van der Waals surface area contributed by atoms with E-state index in [0.29, 0.717) is 18.7 Å². The summed E-state index contributed by atoms with van der Waals surface area (Å²) in [4.78, 5) is 21.5. The zero-order valence-corrected chi connectivity index (χ0v) is 15.9. The third kappa shape index (κ3) is 4.48. The van der Waals surface area contributed by atoms with Crippen LogP contribution in [0.1, 0.15) is 21.7 Å². The summed E-state index contributed by atoms with van der Waals surface area (Å²) in [5.41, 5.74) is 3.20. The molecule has 0 aliphatic rings. The molecule has 1 amide bonds. The van der Waals surface area contributed by atoms with Gasteiger partial charge in [-0.05, 0) is 42.3 Å². The average Bonchev–Trinajstić information content (AvgIpc) is 3.10. The average molecular weight is 388 g/mol. The smallest absolute Gasteiger partial charge is 0.251 e. The zero-order chi connectivity index (χ0) is 20.1. The molecule has 0 aliphatic heterocycles. The number of halogens is 1. The highest BCUT2D eigenvalue weighted by Gasteiger charge is 2.12. The molecule has 0 saturated carbocycles. The van der Waals surface area contributed by atoms with Crippen molar-refractivity contribution in [2.75, 3.05) is 6.54 Å². The van der Waals surface area contributed by atoms with Crippen LogP contribution in [0.4, 0.5) is 4.39 Å². The fourth-order valence-corrected chi connectivity index (χ4v) is 3.35. The minimum Gasteiger partial charge on any atom is -0.350 e. The van der Waals surface area contributed by atoms with Crippen molar-refractivity contribution in [3.8, 4) is 0 Å². The number of nitrogens with zero attached hydrogens (tertiary/aromatic N) is 3. The molecule has 0 unspecified atom stereocenters. The molecule has 29 heavy (non-hydrogen) atoms. The minimum atomic E-state index is -0.425. The largest absolute Gasteiger partial charge is 0.350 e. The Hall–Kier alpha value is -3.54. The van der Waals surface area contributed by atoms with Crippen LogP contribution in [-0.4, -0.2) is 27.0 Å². The van der Waals surface area contributed by atoms with Crippen LogP contribution in [0.15, 0.2) is 72.9 Å². The Balaban J connectivity index is 1.47. The highest BCUT2D eigenvalue weighted by Crippen LogP contribution is 2.15. The lowest BCUT2D eigenvalue weighted by Gasteiger charge is -2.10. The molecule has 4 aromatic rings. The number of hydrogen-bond acceptors (Lipinski definition) is 3. The van der Waals surface area contributed by atoms with Gasteiger partial charge in [0, 0.05) is 31.3 Å². The highest BCUT2D eigenvalue weighted by molar-refractivity contribution is 5.94. The molecule has 0 spiro atoms. The van der Waals surface area contributed by atoms with Gasteiger partial charge >= 0.3 is 0 Å². The van der Waals surface area contributed by atoms with Crippen molar-refractivity contribution in [2.24, 2.45) is 0 Å². The molecular weight excluding hydrogens is 367 g/mol. The fourth-order valence-electron chi connectivity index (χ4n) is 3.35. The molecule has 2 aromatic heterocycles. The van der Waals surface area contributed by atoms with Crippen molar-refractivity contribution >= 4 is 17.1 Å². The maximum absolute atomic E-state index is 13.3. The van der Waals surface area contributed by atoms with Gasteiger partial charge in [-0.15, -0.1) is 0 Å². The summed E-state index contributed by atoms with van der Waals surface area (Å²) in [6.07, 6.45) is 3.39. The van der Waals surface area contributed by atoms with Gasteiger partial charge in [0.2, 0.25) is 0 Å². The Kier molecular flexibility index (Phi) is 5.61. The summed E-state index contributed by atoms with van der Waals surface area (Å²) in [5, 5.41) is 2.85. The molecule has 6 heteroatoms. The number of fused-ring (bicyclic) bond motifs is 1. The number of carbonyl (C=O) groups excluding carboxylic acids is 1. The number of benzene rings is 2. The first kappa shape index (κ1) is 18.8. The van der Waals surface area contributed by atoms with Gasteiger partial charge in [-0.2, -0.15) is 0 Å². The van der Waals surface area contributed by atoms with Gasteiger partial charge < -0.3 is 9.88 Å². The molecule has 146 valence electrons. The number of pyridine rings is 1. The monoisotopic (exact) mass is 388 g/mol. The number of hydrogen-bond donors (Lipinski definition) is 1. The lowest BCUT2D eigenvalue weighted by atomic mass is 10.1. The second-order valence-electron chi connectivity index (χ2n) is 6.78. The van der Waals surface area contributed by atoms with Gasteiger partial charge in [0.05, 0.1) is 0 Å². The van der Waals surface area contributed by atoms with E-state index in [1.54, 1.807) is 12.3 Å². The van der Waals surface area contributed by atoms with E-state index in [4.69, 9.17) is 4.98 Å². The molecular formula is C23H21FN4O. The van der Waals surface area contributed by atoms with Gasteiger partial charge in [-0.1, -0.05) is 36.4 Å². The summed E-state index contributed by atoms with van der Waals surface area (Å²) < 4.78 is 15.4. The summed E-state index contributed by atoms with van der Waals surface area (Å²) in [7, 11) is 0. The molecule has 2 heterocycles. The topological polar surface area (TPSA) is 59.8 Å². The zero-order valence-electron chi connectivity index (χ0n) is 15.9. The fraction of sp³-hybridized carbons (Fsp3) is 0.174. The normalized spacial score (nSPS) is 10.9. The first-order valence-electron chi connectivity index (χ1n) is 9.58. The number of rotatable bonds is 7. The quantitative estimate of drug-likeness (QED) is 0.524. The third-order valence-corrected chi connectivity index (χ3v) is 4.77. The molecule has 0 saturated heterocycles. The van der Waals surface area contributed by atoms with Gasteiger partial charge in [0.15, 0.2) is 5.65 Å². The van der Waals surface area contributed by atoms with Crippen molar-refractivity contribution in [3.63, 3.8) is 0 Å². The van der Waals surface area contributed by atoms with Crippen LogP contribution in [0.3, 0.4) is 0 Å². The lowest BCUT2D eigenvalue weighted by Crippen LogP contribution is -2.27. The lowest BCUT2D eigenvalue weighted by molar-refractivity contribution is 0.0952. The Bertz CT molecular complexity index is 1120. The molecule has 0 aliphatic carbocycles. The number of imidazole rings is 1. The maximum Gasteiger partial charge on any atom is 0.251 e. The SMILES string of the molecule is O=C(NCCn1c(CCc2ccccc2)nc2cccnc21)c1cccc(F)c1. The van der Waals surface area contributed by atoms with E-state index < -0.39 is 5.82 Å². The van der Waals surface area contributed by atoms with Gasteiger partial charge in [-0.3, -0.25) is 4.79 Å². The molecule has 4 rings (SSSR count). The molecule has 0 fully saturated rings. The number of nitrogens with one attached hydrogen (secondary N) is 1. The first-order chi connectivity index (χ1) is 14.2. The maximum atomic E-state index is 13.3. The molecule has 2 aromatic carbocycles. The van der Waals surface area contributed by atoms with E-state index in [2.05, 4.69) is 22.4 Å². The van der Waals surface area contributed by atoms with E-state index in [-0.39, 0.29) is 5.91 Å². The van der Waals surface area contributed by atoms with Crippen LogP contribution < -0.4 is 5.32 Å². The van der Waals surface area contributed by atoms with E-state index in [9.17, 15) is 9.18 Å². The second kappa shape index (κ2) is 8.65. The van der Waals surface area contributed by atoms with Crippen LogP contribution in [0, 0.1) is 5.82 Å². The number of aryl methyl sites for hydroxylation is 2. The molecule has 1 N–H and O–H groups in total. The Morgan fingerprint density at radius 3 is 2.69 bits per heavy atom. The predicted molar refractivity (Wildman–Crippen MR) is 110 cm³/mol. The van der Waals surface area contributed by atoms with Crippen molar-refractivity contribution in [1.29, 1.82) is 0 Å². The number of amides is 1. The molecule has 5 nitrogen and oxygen atoms in total. The van der Waals surface area contributed by atoms with E-state index >= 15 is 0 Å². The standard InChI is InChI=1S/C23H21FN4O/c24-19-9-4-8-18(16-19)23(29)26-14-15-28-21(12-11-17-6-2-1-3-7-17)27-20-10-5-13-25-22(20)28/h1-10,13,16H,11-12,14-15H2,(H,26,29). The van der Waals surface area contributed by atoms with E-state index in [1.165, 1.54) is 23.8 Å². The Morgan fingerprint density at radius 1 is 1.00 bits per heavy atom. The second-order valence-corrected chi connectivity index (χ2v) is 6.78. The molecule has 0 atom stereocenters. The van der Waals surface area contributed by atoms with Crippen molar-refractivity contribution in [2.45, 2.75) is 19.4 Å². The minimum absolute atomic E-state index is 0.298. The van der Waals surface area contributed by atoms with Crippen molar-refractivity contribution in [3.05, 3.63) is 95.7 Å². The number of aromatic nitrogens is 3.